The lowest BCUT2D eigenvalue weighted by molar-refractivity contribution is -0.123. The summed E-state index contributed by atoms with van der Waals surface area (Å²) in [5, 5.41) is 6.04. The smallest absolute Gasteiger partial charge is 0.410 e. The van der Waals surface area contributed by atoms with Crippen LogP contribution in [0.25, 0.3) is 0 Å². The summed E-state index contributed by atoms with van der Waals surface area (Å²) in [6.45, 7) is 8.48. The quantitative estimate of drug-likeness (QED) is 0.658. The van der Waals surface area contributed by atoms with Crippen molar-refractivity contribution in [3.63, 3.8) is 0 Å². The molecule has 0 unspecified atom stereocenters. The van der Waals surface area contributed by atoms with Gasteiger partial charge in [-0.2, -0.15) is 0 Å². The van der Waals surface area contributed by atoms with Crippen LogP contribution >= 0.6 is 0 Å². The highest BCUT2D eigenvalue weighted by atomic mass is 16.6. The molecule has 2 fully saturated rings. The van der Waals surface area contributed by atoms with E-state index in [1.54, 1.807) is 4.90 Å². The Hall–Kier alpha value is -2.81. The van der Waals surface area contributed by atoms with Gasteiger partial charge >= 0.3 is 12.2 Å². The Labute approximate surface area is 202 Å². The van der Waals surface area contributed by atoms with Gasteiger partial charge in [-0.1, -0.05) is 30.3 Å². The van der Waals surface area contributed by atoms with Crippen molar-refractivity contribution in [1.29, 1.82) is 0 Å². The molecule has 0 spiro atoms. The molecule has 0 bridgehead atoms. The van der Waals surface area contributed by atoms with Crippen LogP contribution in [0.1, 0.15) is 52.0 Å². The van der Waals surface area contributed by atoms with Gasteiger partial charge in [0.1, 0.15) is 12.2 Å². The van der Waals surface area contributed by atoms with Crippen molar-refractivity contribution in [3.8, 4) is 0 Å². The Kier molecular flexibility index (Phi) is 9.15. The maximum absolute atomic E-state index is 12.5. The zero-order valence-corrected chi connectivity index (χ0v) is 20.5. The zero-order valence-electron chi connectivity index (χ0n) is 20.5. The lowest BCUT2D eigenvalue weighted by atomic mass is 9.91. The second kappa shape index (κ2) is 12.1. The van der Waals surface area contributed by atoms with Gasteiger partial charge in [0.25, 0.3) is 0 Å². The number of alkyl carbamates (subject to hydrolysis) is 1. The normalized spacial score (nSPS) is 21.4. The lowest BCUT2D eigenvalue weighted by Gasteiger charge is -2.34. The molecule has 0 radical (unpaired) electrons. The molecular weight excluding hydrogens is 436 g/mol. The summed E-state index contributed by atoms with van der Waals surface area (Å²) in [6, 6.07) is 9.81. The van der Waals surface area contributed by atoms with Gasteiger partial charge in [0.05, 0.1) is 6.54 Å². The minimum atomic E-state index is -0.511. The zero-order chi connectivity index (χ0) is 24.6. The van der Waals surface area contributed by atoms with Crippen molar-refractivity contribution in [2.45, 2.75) is 70.7 Å². The van der Waals surface area contributed by atoms with E-state index < -0.39 is 5.60 Å². The van der Waals surface area contributed by atoms with Gasteiger partial charge < -0.3 is 25.0 Å². The standard InChI is InChI=1S/C25H38N4O5/c1-25(2,3)34-23(31)27-21-11-9-20(10-12-21)26-22(30)17-28-13-15-29(16-14-28)24(32)33-18-19-7-5-4-6-8-19/h4-8,20-21H,9-18H2,1-3H3,(H,26,30)(H,27,31). The highest BCUT2D eigenvalue weighted by Crippen LogP contribution is 2.19. The van der Waals surface area contributed by atoms with Gasteiger partial charge in [0.15, 0.2) is 0 Å². The van der Waals surface area contributed by atoms with E-state index in [2.05, 4.69) is 15.5 Å². The van der Waals surface area contributed by atoms with Gasteiger partial charge in [-0.05, 0) is 52.0 Å². The number of rotatable bonds is 6. The van der Waals surface area contributed by atoms with Crippen LogP contribution in [0.2, 0.25) is 0 Å². The fraction of sp³-hybridized carbons (Fsp3) is 0.640. The first-order valence-electron chi connectivity index (χ1n) is 12.1. The first-order valence-corrected chi connectivity index (χ1v) is 12.1. The third-order valence-corrected chi connectivity index (χ3v) is 6.02. The molecule has 1 saturated carbocycles. The van der Waals surface area contributed by atoms with Crippen molar-refractivity contribution in [3.05, 3.63) is 35.9 Å². The van der Waals surface area contributed by atoms with E-state index in [1.165, 1.54) is 0 Å². The van der Waals surface area contributed by atoms with Crippen LogP contribution < -0.4 is 10.6 Å². The first kappa shape index (κ1) is 25.8. The van der Waals surface area contributed by atoms with E-state index >= 15 is 0 Å². The Balaban J connectivity index is 1.29. The molecule has 3 rings (SSSR count). The van der Waals surface area contributed by atoms with Crippen LogP contribution in [-0.2, 0) is 20.9 Å². The summed E-state index contributed by atoms with van der Waals surface area (Å²) < 4.78 is 10.7. The molecule has 9 heteroatoms. The molecule has 9 nitrogen and oxygen atoms in total. The van der Waals surface area contributed by atoms with Gasteiger partial charge in [-0.15, -0.1) is 0 Å². The van der Waals surface area contributed by atoms with Gasteiger partial charge in [0.2, 0.25) is 5.91 Å². The van der Waals surface area contributed by atoms with Gasteiger partial charge in [-0.25, -0.2) is 9.59 Å². The van der Waals surface area contributed by atoms with Gasteiger partial charge in [0, 0.05) is 38.3 Å². The Morgan fingerprint density at radius 3 is 2.09 bits per heavy atom. The number of amides is 3. The summed E-state index contributed by atoms with van der Waals surface area (Å²) in [5.41, 5.74) is 0.448. The molecule has 1 aromatic carbocycles. The van der Waals surface area contributed by atoms with E-state index in [1.807, 2.05) is 51.1 Å². The van der Waals surface area contributed by atoms with Crippen LogP contribution in [0, 0.1) is 0 Å². The third kappa shape index (κ3) is 8.85. The fourth-order valence-corrected chi connectivity index (χ4v) is 4.23. The number of ether oxygens (including phenoxy) is 2. The second-order valence-electron chi connectivity index (χ2n) is 10.1. The largest absolute Gasteiger partial charge is 0.445 e. The number of carbonyl (C=O) groups is 3. The van der Waals surface area contributed by atoms with Crippen LogP contribution in [0.15, 0.2) is 30.3 Å². The number of nitrogens with zero attached hydrogens (tertiary/aromatic N) is 2. The average Bonchev–Trinajstić information content (AvgIpc) is 2.78. The molecule has 2 N–H and O–H groups in total. The molecule has 0 aromatic heterocycles. The second-order valence-corrected chi connectivity index (χ2v) is 10.1. The van der Waals surface area contributed by atoms with Crippen LogP contribution in [0.4, 0.5) is 9.59 Å². The van der Waals surface area contributed by atoms with Crippen molar-refractivity contribution in [2.75, 3.05) is 32.7 Å². The summed E-state index contributed by atoms with van der Waals surface area (Å²) in [4.78, 5) is 40.5. The molecule has 34 heavy (non-hydrogen) atoms. The van der Waals surface area contributed by atoms with E-state index in [-0.39, 0.29) is 36.8 Å². The fourth-order valence-electron chi connectivity index (χ4n) is 4.23. The molecule has 0 atom stereocenters. The summed E-state index contributed by atoms with van der Waals surface area (Å²) in [6.07, 6.45) is 2.58. The van der Waals surface area contributed by atoms with Crippen LogP contribution in [0.5, 0.6) is 0 Å². The number of hydrogen-bond acceptors (Lipinski definition) is 6. The third-order valence-electron chi connectivity index (χ3n) is 6.02. The van der Waals surface area contributed by atoms with Crippen molar-refractivity contribution in [1.82, 2.24) is 20.4 Å². The Morgan fingerprint density at radius 2 is 1.50 bits per heavy atom. The van der Waals surface area contributed by atoms with Crippen LogP contribution in [-0.4, -0.2) is 78.3 Å². The molecule has 188 valence electrons. The number of piperazine rings is 1. The van der Waals surface area contributed by atoms with Crippen molar-refractivity contribution < 1.29 is 23.9 Å². The molecule has 3 amide bonds. The maximum Gasteiger partial charge on any atom is 0.410 e. The van der Waals surface area contributed by atoms with Crippen LogP contribution in [0.3, 0.4) is 0 Å². The molecular formula is C25H38N4O5. The van der Waals surface area contributed by atoms with E-state index in [4.69, 9.17) is 9.47 Å². The van der Waals surface area contributed by atoms with E-state index in [0.29, 0.717) is 32.7 Å². The Morgan fingerprint density at radius 1 is 0.912 bits per heavy atom. The minimum absolute atomic E-state index is 0.00338. The summed E-state index contributed by atoms with van der Waals surface area (Å²) in [5.74, 6) is 0.00338. The molecule has 2 aliphatic rings. The minimum Gasteiger partial charge on any atom is -0.445 e. The number of hydrogen-bond donors (Lipinski definition) is 2. The maximum atomic E-state index is 12.5. The van der Waals surface area contributed by atoms with E-state index in [0.717, 1.165) is 31.2 Å². The monoisotopic (exact) mass is 474 g/mol. The number of carbonyl (C=O) groups excluding carboxylic acids is 3. The Bertz CT molecular complexity index is 810. The van der Waals surface area contributed by atoms with Crippen molar-refractivity contribution in [2.24, 2.45) is 0 Å². The van der Waals surface area contributed by atoms with Crippen molar-refractivity contribution >= 4 is 18.1 Å². The highest BCUT2D eigenvalue weighted by molar-refractivity contribution is 5.78. The molecule has 1 aromatic rings. The molecule has 1 aliphatic carbocycles. The lowest BCUT2D eigenvalue weighted by Crippen LogP contribution is -2.52. The first-order chi connectivity index (χ1) is 16.2. The highest BCUT2D eigenvalue weighted by Gasteiger charge is 2.27. The molecule has 1 heterocycles. The van der Waals surface area contributed by atoms with E-state index in [9.17, 15) is 14.4 Å². The predicted octanol–water partition coefficient (Wildman–Crippen LogP) is 2.89. The summed E-state index contributed by atoms with van der Waals surface area (Å²) in [7, 11) is 0. The molecule has 1 aliphatic heterocycles. The number of benzene rings is 1. The molecule has 1 saturated heterocycles. The summed E-state index contributed by atoms with van der Waals surface area (Å²) >= 11 is 0. The topological polar surface area (TPSA) is 100 Å². The average molecular weight is 475 g/mol. The number of nitrogens with one attached hydrogen (secondary N) is 2. The SMILES string of the molecule is CC(C)(C)OC(=O)NC1CCC(NC(=O)CN2CCN(C(=O)OCc3ccccc3)CC2)CC1. The van der Waals surface area contributed by atoms with Gasteiger partial charge in [-0.3, -0.25) is 9.69 Å². The predicted molar refractivity (Wildman–Crippen MR) is 128 cm³/mol.